The smallest absolute Gasteiger partial charge is 0.270 e. The van der Waals surface area contributed by atoms with E-state index >= 15 is 0 Å². The summed E-state index contributed by atoms with van der Waals surface area (Å²) in [7, 11) is 0. The monoisotopic (exact) mass is 296 g/mol. The molecule has 0 aromatic heterocycles. The minimum absolute atomic E-state index is 0.0822. The fraction of sp³-hybridized carbons (Fsp3) is 0.100. The molecule has 0 unspecified atom stereocenters. The van der Waals surface area contributed by atoms with Gasteiger partial charge in [0.25, 0.3) is 5.69 Å². The van der Waals surface area contributed by atoms with Crippen molar-refractivity contribution in [2.24, 2.45) is 0 Å². The molecule has 0 spiro atoms. The number of alkyl halides is 1. The van der Waals surface area contributed by atoms with Gasteiger partial charge in [-0.05, 0) is 0 Å². The maximum absolute atomic E-state index is 11.5. The molecule has 0 N–H and O–H groups in total. The van der Waals surface area contributed by atoms with Crippen LogP contribution in [0.4, 0.5) is 5.69 Å². The highest BCUT2D eigenvalue weighted by Crippen LogP contribution is 2.22. The van der Waals surface area contributed by atoms with E-state index in [2.05, 4.69) is 15.9 Å². The summed E-state index contributed by atoms with van der Waals surface area (Å²) in [6.45, 7) is 0. The SMILES string of the molecule is N#Cc1c(C=O)cc([N+](=O)[O-])cc1C(=O)CBr. The molecule has 1 aromatic carbocycles. The molecule has 0 aliphatic carbocycles. The van der Waals surface area contributed by atoms with Crippen molar-refractivity contribution in [3.63, 3.8) is 0 Å². The van der Waals surface area contributed by atoms with Gasteiger partial charge in [0.1, 0.15) is 6.07 Å². The van der Waals surface area contributed by atoms with Crippen molar-refractivity contribution in [2.75, 3.05) is 5.33 Å². The van der Waals surface area contributed by atoms with Crippen LogP contribution in [0.3, 0.4) is 0 Å². The molecule has 0 saturated carbocycles. The van der Waals surface area contributed by atoms with Crippen molar-refractivity contribution in [1.29, 1.82) is 5.26 Å². The van der Waals surface area contributed by atoms with Crippen molar-refractivity contribution in [3.8, 4) is 6.07 Å². The van der Waals surface area contributed by atoms with Crippen molar-refractivity contribution in [3.05, 3.63) is 38.9 Å². The highest BCUT2D eigenvalue weighted by atomic mass is 79.9. The van der Waals surface area contributed by atoms with Gasteiger partial charge in [-0.15, -0.1) is 0 Å². The van der Waals surface area contributed by atoms with E-state index in [0.717, 1.165) is 12.1 Å². The first-order chi connectivity index (χ1) is 8.04. The Morgan fingerprint density at radius 3 is 2.65 bits per heavy atom. The zero-order valence-corrected chi connectivity index (χ0v) is 9.93. The number of carbonyl (C=O) groups is 2. The van der Waals surface area contributed by atoms with E-state index in [4.69, 9.17) is 5.26 Å². The van der Waals surface area contributed by atoms with Gasteiger partial charge < -0.3 is 0 Å². The van der Waals surface area contributed by atoms with Gasteiger partial charge in [-0.25, -0.2) is 0 Å². The second-order valence-corrected chi connectivity index (χ2v) is 3.56. The number of aldehydes is 1. The van der Waals surface area contributed by atoms with Gasteiger partial charge in [0.15, 0.2) is 12.1 Å². The lowest BCUT2D eigenvalue weighted by Crippen LogP contribution is -2.07. The highest BCUT2D eigenvalue weighted by Gasteiger charge is 2.20. The molecule has 17 heavy (non-hydrogen) atoms. The lowest BCUT2D eigenvalue weighted by atomic mass is 9.99. The molecule has 7 heteroatoms. The number of Topliss-reactive ketones (excluding diaryl/α,β-unsaturated/α-hetero) is 1. The number of ketones is 1. The molecule has 6 nitrogen and oxygen atoms in total. The Morgan fingerprint density at radius 1 is 1.59 bits per heavy atom. The van der Waals surface area contributed by atoms with Gasteiger partial charge in [-0.2, -0.15) is 5.26 Å². The third kappa shape index (κ3) is 2.54. The van der Waals surface area contributed by atoms with E-state index in [-0.39, 0.29) is 22.0 Å². The standard InChI is InChI=1S/C10H5BrN2O4/c11-3-10(15)8-2-7(13(16)17)1-6(5-14)9(8)4-12/h1-2,5H,3H2. The van der Waals surface area contributed by atoms with Crippen LogP contribution in [0.25, 0.3) is 0 Å². The zero-order valence-electron chi connectivity index (χ0n) is 8.34. The Morgan fingerprint density at radius 2 is 2.24 bits per heavy atom. The van der Waals surface area contributed by atoms with Crippen LogP contribution in [0.15, 0.2) is 12.1 Å². The van der Waals surface area contributed by atoms with Gasteiger partial charge >= 0.3 is 0 Å². The van der Waals surface area contributed by atoms with Crippen LogP contribution < -0.4 is 0 Å². The van der Waals surface area contributed by atoms with Crippen LogP contribution in [-0.4, -0.2) is 22.3 Å². The number of nitrogens with zero attached hydrogens (tertiary/aromatic N) is 2. The summed E-state index contributed by atoms with van der Waals surface area (Å²) >= 11 is 2.91. The first-order valence-corrected chi connectivity index (χ1v) is 5.44. The van der Waals surface area contributed by atoms with E-state index < -0.39 is 16.4 Å². The minimum Gasteiger partial charge on any atom is -0.298 e. The van der Waals surface area contributed by atoms with Gasteiger partial charge in [-0.1, -0.05) is 15.9 Å². The van der Waals surface area contributed by atoms with Crippen LogP contribution in [0, 0.1) is 21.4 Å². The van der Waals surface area contributed by atoms with Gasteiger partial charge in [0, 0.05) is 23.3 Å². The van der Waals surface area contributed by atoms with Crippen molar-refractivity contribution >= 4 is 33.7 Å². The predicted octanol–water partition coefficient (Wildman–Crippen LogP) is 1.86. The molecule has 0 bridgehead atoms. The molecule has 0 heterocycles. The predicted molar refractivity (Wildman–Crippen MR) is 61.3 cm³/mol. The number of hydrogen-bond acceptors (Lipinski definition) is 5. The topological polar surface area (TPSA) is 101 Å². The molecule has 86 valence electrons. The van der Waals surface area contributed by atoms with E-state index in [1.807, 2.05) is 0 Å². The van der Waals surface area contributed by atoms with Gasteiger partial charge in [0.2, 0.25) is 0 Å². The molecule has 0 radical (unpaired) electrons. The number of benzene rings is 1. The number of non-ortho nitro benzene ring substituents is 1. The van der Waals surface area contributed by atoms with Crippen molar-refractivity contribution in [2.45, 2.75) is 0 Å². The van der Waals surface area contributed by atoms with Crippen LogP contribution in [-0.2, 0) is 0 Å². The number of carbonyl (C=O) groups excluding carboxylic acids is 2. The number of nitro groups is 1. The third-order valence-corrected chi connectivity index (χ3v) is 2.53. The average Bonchev–Trinajstić information content (AvgIpc) is 2.35. The van der Waals surface area contributed by atoms with Crippen LogP contribution in [0.1, 0.15) is 26.3 Å². The summed E-state index contributed by atoms with van der Waals surface area (Å²) in [5.41, 5.74) is -0.822. The Balaban J connectivity index is 3.60. The molecule has 0 fully saturated rings. The molecule has 0 aliphatic rings. The fourth-order valence-electron chi connectivity index (χ4n) is 1.26. The highest BCUT2D eigenvalue weighted by molar-refractivity contribution is 9.09. The number of nitriles is 1. The van der Waals surface area contributed by atoms with Crippen LogP contribution in [0.2, 0.25) is 0 Å². The Hall–Kier alpha value is -2.07. The van der Waals surface area contributed by atoms with E-state index in [0.29, 0.717) is 6.29 Å². The summed E-state index contributed by atoms with van der Waals surface area (Å²) in [5.74, 6) is -0.492. The number of hydrogen-bond donors (Lipinski definition) is 0. The molecule has 1 aromatic rings. The molecule has 1 rings (SSSR count). The normalized spacial score (nSPS) is 9.41. The number of halogens is 1. The van der Waals surface area contributed by atoms with Gasteiger partial charge in [0.05, 0.1) is 15.8 Å². The fourth-order valence-corrected chi connectivity index (χ4v) is 1.57. The lowest BCUT2D eigenvalue weighted by molar-refractivity contribution is -0.384. The van der Waals surface area contributed by atoms with E-state index in [1.165, 1.54) is 0 Å². The van der Waals surface area contributed by atoms with Crippen LogP contribution in [0.5, 0.6) is 0 Å². The Bertz CT molecular complexity index is 548. The summed E-state index contributed by atoms with van der Waals surface area (Å²) in [4.78, 5) is 32.1. The molecule has 0 amide bonds. The molecule has 0 saturated heterocycles. The Kier molecular flexibility index (Phi) is 4.06. The summed E-state index contributed by atoms with van der Waals surface area (Å²) in [6, 6.07) is 3.66. The third-order valence-electron chi connectivity index (χ3n) is 2.02. The molecular formula is C10H5BrN2O4. The van der Waals surface area contributed by atoms with Crippen molar-refractivity contribution < 1.29 is 14.5 Å². The number of nitro benzene ring substituents is 1. The molecule has 0 atom stereocenters. The molecule has 0 aliphatic heterocycles. The second kappa shape index (κ2) is 5.32. The summed E-state index contributed by atoms with van der Waals surface area (Å²) in [6.07, 6.45) is 0.316. The minimum atomic E-state index is -0.723. The second-order valence-electron chi connectivity index (χ2n) is 3.00. The lowest BCUT2D eigenvalue weighted by Gasteiger charge is -2.03. The first kappa shape index (κ1) is 13.0. The van der Waals surface area contributed by atoms with Crippen LogP contribution >= 0.6 is 15.9 Å². The average molecular weight is 297 g/mol. The summed E-state index contributed by atoms with van der Waals surface area (Å²) in [5, 5.41) is 19.4. The summed E-state index contributed by atoms with van der Waals surface area (Å²) < 4.78 is 0. The number of rotatable bonds is 4. The Labute approximate surface area is 104 Å². The largest absolute Gasteiger partial charge is 0.298 e. The van der Waals surface area contributed by atoms with E-state index in [1.54, 1.807) is 6.07 Å². The van der Waals surface area contributed by atoms with E-state index in [9.17, 15) is 19.7 Å². The zero-order chi connectivity index (χ0) is 13.0. The van der Waals surface area contributed by atoms with Crippen molar-refractivity contribution in [1.82, 2.24) is 0 Å². The maximum atomic E-state index is 11.5. The maximum Gasteiger partial charge on any atom is 0.270 e. The molecular weight excluding hydrogens is 292 g/mol. The first-order valence-electron chi connectivity index (χ1n) is 4.32. The van der Waals surface area contributed by atoms with Gasteiger partial charge in [-0.3, -0.25) is 19.7 Å². The quantitative estimate of drug-likeness (QED) is 0.277.